The summed E-state index contributed by atoms with van der Waals surface area (Å²) in [5.41, 5.74) is 5.74. The van der Waals surface area contributed by atoms with Crippen LogP contribution >= 0.6 is 23.2 Å². The van der Waals surface area contributed by atoms with Crippen LogP contribution in [0.1, 0.15) is 68.4 Å². The van der Waals surface area contributed by atoms with Crippen molar-refractivity contribution in [3.05, 3.63) is 56.8 Å². The molecule has 0 saturated carbocycles. The van der Waals surface area contributed by atoms with Gasteiger partial charge in [-0.25, -0.2) is 17.6 Å². The molecule has 3 rings (SSSR count). The fourth-order valence-electron chi connectivity index (χ4n) is 4.66. The molecule has 13 heteroatoms. The lowest BCUT2D eigenvalue weighted by atomic mass is 10.0. The largest absolute Gasteiger partial charge is 0.444 e. The Morgan fingerprint density at radius 3 is 2.59 bits per heavy atom. The first-order chi connectivity index (χ1) is 19.1. The molecule has 1 saturated heterocycles. The summed E-state index contributed by atoms with van der Waals surface area (Å²) in [5.74, 6) is -1.47. The molecule has 1 atom stereocenters. The van der Waals surface area contributed by atoms with Gasteiger partial charge in [0.2, 0.25) is 0 Å². The smallest absolute Gasteiger partial charge is 0.407 e. The molecule has 0 radical (unpaired) electrons. The number of sulfone groups is 1. The van der Waals surface area contributed by atoms with E-state index in [0.717, 1.165) is 18.9 Å². The SMILES string of the molecule is CCCS(=O)(=O)c1ccc(Cl)cc1CNC(=O)c1cc(F)c(CN2CCC[C@@H](NC(=O)OC(C)(C)C)C2)c(Cl)c1N. The van der Waals surface area contributed by atoms with Gasteiger partial charge in [0.15, 0.2) is 9.84 Å². The molecular formula is C28H37Cl2FN4O5S. The predicted molar refractivity (Wildman–Crippen MR) is 158 cm³/mol. The molecular weight excluding hydrogens is 594 g/mol. The molecule has 0 aromatic heterocycles. The minimum absolute atomic E-state index is 0.0559. The van der Waals surface area contributed by atoms with Gasteiger partial charge in [-0.05, 0) is 76.4 Å². The number of nitrogens with two attached hydrogens (primary N) is 1. The van der Waals surface area contributed by atoms with E-state index < -0.39 is 33.3 Å². The number of nitrogens with zero attached hydrogens (tertiary/aromatic N) is 1. The van der Waals surface area contributed by atoms with Gasteiger partial charge in [-0.3, -0.25) is 9.69 Å². The summed E-state index contributed by atoms with van der Waals surface area (Å²) in [6, 6.07) is 5.19. The van der Waals surface area contributed by atoms with Crippen LogP contribution in [0.3, 0.4) is 0 Å². The molecule has 1 heterocycles. The van der Waals surface area contributed by atoms with Crippen molar-refractivity contribution in [1.29, 1.82) is 0 Å². The van der Waals surface area contributed by atoms with Crippen LogP contribution in [0.25, 0.3) is 0 Å². The average molecular weight is 632 g/mol. The van der Waals surface area contributed by atoms with Crippen molar-refractivity contribution in [2.24, 2.45) is 0 Å². The maximum absolute atomic E-state index is 15.3. The maximum Gasteiger partial charge on any atom is 0.407 e. The van der Waals surface area contributed by atoms with Gasteiger partial charge in [-0.2, -0.15) is 0 Å². The molecule has 41 heavy (non-hydrogen) atoms. The first-order valence-corrected chi connectivity index (χ1v) is 15.8. The van der Waals surface area contributed by atoms with E-state index >= 15 is 4.39 Å². The minimum Gasteiger partial charge on any atom is -0.444 e. The maximum atomic E-state index is 15.3. The second-order valence-electron chi connectivity index (χ2n) is 11.1. The first kappa shape index (κ1) is 32.9. The Balaban J connectivity index is 1.72. The number of nitrogens with one attached hydrogen (secondary N) is 2. The van der Waals surface area contributed by atoms with E-state index in [2.05, 4.69) is 10.6 Å². The highest BCUT2D eigenvalue weighted by molar-refractivity contribution is 7.91. The second-order valence-corrected chi connectivity index (χ2v) is 14.0. The Bertz CT molecular complexity index is 1400. The molecule has 4 N–H and O–H groups in total. The van der Waals surface area contributed by atoms with Crippen LogP contribution in [0, 0.1) is 5.82 Å². The van der Waals surface area contributed by atoms with E-state index in [1.165, 1.54) is 18.2 Å². The summed E-state index contributed by atoms with van der Waals surface area (Å²) in [6.07, 6.45) is 1.44. The normalized spacial score (nSPS) is 16.3. The van der Waals surface area contributed by atoms with Crippen LogP contribution in [0.15, 0.2) is 29.2 Å². The number of hydrogen-bond acceptors (Lipinski definition) is 7. The van der Waals surface area contributed by atoms with Crippen LogP contribution in [-0.2, 0) is 27.7 Å². The first-order valence-electron chi connectivity index (χ1n) is 13.4. The third kappa shape index (κ3) is 8.94. The highest BCUT2D eigenvalue weighted by atomic mass is 35.5. The number of hydrogen-bond donors (Lipinski definition) is 3. The number of anilines is 1. The molecule has 0 spiro atoms. The van der Waals surface area contributed by atoms with E-state index in [1.807, 2.05) is 4.90 Å². The second kappa shape index (κ2) is 13.6. The van der Waals surface area contributed by atoms with Crippen LogP contribution < -0.4 is 16.4 Å². The molecule has 9 nitrogen and oxygen atoms in total. The zero-order chi connectivity index (χ0) is 30.5. The van der Waals surface area contributed by atoms with E-state index in [1.54, 1.807) is 27.7 Å². The Labute approximate surface area is 250 Å². The molecule has 1 aliphatic heterocycles. The number of carbonyl (C=O) groups excluding carboxylic acids is 2. The van der Waals surface area contributed by atoms with Crippen LogP contribution in [0.2, 0.25) is 10.0 Å². The number of benzene rings is 2. The van der Waals surface area contributed by atoms with Crippen molar-refractivity contribution in [3.63, 3.8) is 0 Å². The van der Waals surface area contributed by atoms with Gasteiger partial charge in [-0.15, -0.1) is 0 Å². The number of halogens is 3. The van der Waals surface area contributed by atoms with Gasteiger partial charge in [-0.1, -0.05) is 30.1 Å². The lowest BCUT2D eigenvalue weighted by Gasteiger charge is -2.34. The van der Waals surface area contributed by atoms with Gasteiger partial charge in [0.05, 0.1) is 26.9 Å². The van der Waals surface area contributed by atoms with Crippen molar-refractivity contribution in [1.82, 2.24) is 15.5 Å². The average Bonchev–Trinajstić information content (AvgIpc) is 2.86. The van der Waals surface area contributed by atoms with Crippen LogP contribution in [-0.4, -0.2) is 55.8 Å². The van der Waals surface area contributed by atoms with Crippen molar-refractivity contribution in [2.45, 2.75) is 76.6 Å². The van der Waals surface area contributed by atoms with Crippen molar-refractivity contribution < 1.29 is 27.1 Å². The lowest BCUT2D eigenvalue weighted by molar-refractivity contribution is 0.0469. The summed E-state index contributed by atoms with van der Waals surface area (Å²) < 4.78 is 46.0. The van der Waals surface area contributed by atoms with Gasteiger partial charge >= 0.3 is 6.09 Å². The van der Waals surface area contributed by atoms with Crippen LogP contribution in [0.5, 0.6) is 0 Å². The lowest BCUT2D eigenvalue weighted by Crippen LogP contribution is -2.48. The highest BCUT2D eigenvalue weighted by Crippen LogP contribution is 2.32. The number of amides is 2. The number of rotatable bonds is 9. The van der Waals surface area contributed by atoms with Gasteiger partial charge in [0, 0.05) is 36.3 Å². The summed E-state index contributed by atoms with van der Waals surface area (Å²) in [4.78, 5) is 27.2. The third-order valence-corrected chi connectivity index (χ3v) is 9.15. The zero-order valence-electron chi connectivity index (χ0n) is 23.7. The molecule has 2 aromatic rings. The van der Waals surface area contributed by atoms with Crippen molar-refractivity contribution in [3.8, 4) is 0 Å². The van der Waals surface area contributed by atoms with Gasteiger partial charge in [0.1, 0.15) is 11.4 Å². The fourth-order valence-corrected chi connectivity index (χ4v) is 6.67. The predicted octanol–water partition coefficient (Wildman–Crippen LogP) is 5.32. The molecule has 1 aliphatic rings. The molecule has 0 unspecified atom stereocenters. The zero-order valence-corrected chi connectivity index (χ0v) is 26.0. The molecule has 2 aromatic carbocycles. The van der Waals surface area contributed by atoms with Gasteiger partial charge in [0.25, 0.3) is 5.91 Å². The standard InChI is InChI=1S/C28H37Cl2FN4O5S/c1-5-11-41(38,39)23-9-8-18(29)12-17(23)14-33-26(36)20-13-22(31)21(24(30)25(20)32)16-35-10-6-7-19(15-35)34-27(37)40-28(2,3)4/h8-9,12-13,19H,5-7,10-11,14-16,32H2,1-4H3,(H,33,36)(H,34,37)/t19-/m1/s1. The summed E-state index contributed by atoms with van der Waals surface area (Å²) in [7, 11) is -3.58. The highest BCUT2D eigenvalue weighted by Gasteiger charge is 2.27. The Kier molecular flexibility index (Phi) is 10.9. The van der Waals surface area contributed by atoms with Crippen molar-refractivity contribution >= 4 is 50.7 Å². The summed E-state index contributed by atoms with van der Waals surface area (Å²) >= 11 is 12.5. The number of nitrogen functional groups attached to an aromatic ring is 1. The molecule has 0 aliphatic carbocycles. The number of alkyl carbamates (subject to hydrolysis) is 1. The van der Waals surface area contributed by atoms with Crippen molar-refractivity contribution in [2.75, 3.05) is 24.6 Å². The van der Waals surface area contributed by atoms with Crippen LogP contribution in [0.4, 0.5) is 14.9 Å². The number of piperidine rings is 1. The summed E-state index contributed by atoms with van der Waals surface area (Å²) in [6.45, 7) is 8.18. The molecule has 226 valence electrons. The van der Waals surface area contributed by atoms with E-state index in [-0.39, 0.29) is 51.6 Å². The molecule has 0 bridgehead atoms. The molecule has 2 amide bonds. The monoisotopic (exact) mass is 630 g/mol. The Morgan fingerprint density at radius 2 is 1.93 bits per heavy atom. The van der Waals surface area contributed by atoms with E-state index in [4.69, 9.17) is 33.7 Å². The minimum atomic E-state index is -3.58. The van der Waals surface area contributed by atoms with E-state index in [0.29, 0.717) is 30.1 Å². The Morgan fingerprint density at radius 1 is 1.22 bits per heavy atom. The third-order valence-electron chi connectivity index (χ3n) is 6.47. The fraction of sp³-hybridized carbons (Fsp3) is 0.500. The number of carbonyl (C=O) groups is 2. The number of ether oxygens (including phenoxy) is 1. The Hall–Kier alpha value is -2.60. The summed E-state index contributed by atoms with van der Waals surface area (Å²) in [5, 5.41) is 5.69. The molecule has 1 fully saturated rings. The number of likely N-dealkylation sites (tertiary alicyclic amines) is 1. The van der Waals surface area contributed by atoms with E-state index in [9.17, 15) is 18.0 Å². The quantitative estimate of drug-likeness (QED) is 0.320. The topological polar surface area (TPSA) is 131 Å². The van der Waals surface area contributed by atoms with Gasteiger partial charge < -0.3 is 21.1 Å².